The summed E-state index contributed by atoms with van der Waals surface area (Å²) in [6, 6.07) is 17.6. The van der Waals surface area contributed by atoms with Crippen molar-refractivity contribution in [3.63, 3.8) is 0 Å². The Morgan fingerprint density at radius 2 is 1.77 bits per heavy atom. The number of hydrogen-bond donors (Lipinski definition) is 1. The summed E-state index contributed by atoms with van der Waals surface area (Å²) >= 11 is 0. The SMILES string of the molecule is CO[C@@H](CNC(=O)OCc1ccccc1)c1ccc(C)cc1. The number of carbonyl (C=O) groups is 1. The first-order valence-corrected chi connectivity index (χ1v) is 7.23. The van der Waals surface area contributed by atoms with Crippen molar-refractivity contribution in [2.45, 2.75) is 19.6 Å². The number of ether oxygens (including phenoxy) is 2. The molecule has 116 valence electrons. The van der Waals surface area contributed by atoms with E-state index in [1.807, 2.05) is 61.5 Å². The molecule has 0 aliphatic heterocycles. The van der Waals surface area contributed by atoms with Crippen LogP contribution in [-0.2, 0) is 16.1 Å². The van der Waals surface area contributed by atoms with E-state index in [1.54, 1.807) is 7.11 Å². The fourth-order valence-electron chi connectivity index (χ4n) is 2.07. The molecule has 0 aromatic heterocycles. The molecule has 4 nitrogen and oxygen atoms in total. The lowest BCUT2D eigenvalue weighted by molar-refractivity contribution is 0.0932. The molecule has 0 spiro atoms. The van der Waals surface area contributed by atoms with Crippen molar-refractivity contribution in [2.75, 3.05) is 13.7 Å². The van der Waals surface area contributed by atoms with E-state index in [0.717, 1.165) is 11.1 Å². The van der Waals surface area contributed by atoms with Gasteiger partial charge in [-0.1, -0.05) is 60.2 Å². The standard InChI is InChI=1S/C18H21NO3/c1-14-8-10-16(11-9-14)17(21-2)12-19-18(20)22-13-15-6-4-3-5-7-15/h3-11,17H,12-13H2,1-2H3,(H,19,20)/t17-/m0/s1. The summed E-state index contributed by atoms with van der Waals surface area (Å²) in [4.78, 5) is 11.7. The Bertz CT molecular complexity index is 581. The Morgan fingerprint density at radius 1 is 1.09 bits per heavy atom. The van der Waals surface area contributed by atoms with Gasteiger partial charge in [-0.05, 0) is 18.1 Å². The van der Waals surface area contributed by atoms with Crippen molar-refractivity contribution >= 4 is 6.09 Å². The molecule has 0 aliphatic carbocycles. The molecule has 0 aliphatic rings. The highest BCUT2D eigenvalue weighted by Gasteiger charge is 2.12. The Kier molecular flexibility index (Phi) is 5.98. The van der Waals surface area contributed by atoms with Crippen LogP contribution in [0.4, 0.5) is 4.79 Å². The van der Waals surface area contributed by atoms with Crippen LogP contribution < -0.4 is 5.32 Å². The summed E-state index contributed by atoms with van der Waals surface area (Å²) in [5.74, 6) is 0. The second-order valence-electron chi connectivity index (χ2n) is 5.08. The van der Waals surface area contributed by atoms with E-state index in [2.05, 4.69) is 5.32 Å². The molecule has 0 radical (unpaired) electrons. The number of carbonyl (C=O) groups excluding carboxylic acids is 1. The highest BCUT2D eigenvalue weighted by Crippen LogP contribution is 2.16. The first-order chi connectivity index (χ1) is 10.7. The summed E-state index contributed by atoms with van der Waals surface area (Å²) in [6.45, 7) is 2.66. The molecule has 0 saturated carbocycles. The maximum atomic E-state index is 11.7. The minimum absolute atomic E-state index is 0.190. The predicted molar refractivity (Wildman–Crippen MR) is 85.6 cm³/mol. The Balaban J connectivity index is 1.80. The highest BCUT2D eigenvalue weighted by atomic mass is 16.5. The Morgan fingerprint density at radius 3 is 2.41 bits per heavy atom. The number of amides is 1. The average molecular weight is 299 g/mol. The van der Waals surface area contributed by atoms with Crippen LogP contribution in [0.15, 0.2) is 54.6 Å². The minimum atomic E-state index is -0.446. The van der Waals surface area contributed by atoms with Gasteiger partial charge in [0.2, 0.25) is 0 Å². The maximum absolute atomic E-state index is 11.7. The molecular weight excluding hydrogens is 278 g/mol. The van der Waals surface area contributed by atoms with Crippen molar-refractivity contribution in [3.8, 4) is 0 Å². The molecular formula is C18H21NO3. The van der Waals surface area contributed by atoms with Gasteiger partial charge >= 0.3 is 6.09 Å². The summed E-state index contributed by atoms with van der Waals surface area (Å²) in [5.41, 5.74) is 3.17. The summed E-state index contributed by atoms with van der Waals surface area (Å²) < 4.78 is 10.6. The van der Waals surface area contributed by atoms with Crippen LogP contribution in [-0.4, -0.2) is 19.7 Å². The van der Waals surface area contributed by atoms with E-state index in [1.165, 1.54) is 5.56 Å². The topological polar surface area (TPSA) is 47.6 Å². The summed E-state index contributed by atoms with van der Waals surface area (Å²) in [6.07, 6.45) is -0.636. The molecule has 2 aromatic carbocycles. The second kappa shape index (κ2) is 8.20. The Labute approximate surface area is 131 Å². The monoisotopic (exact) mass is 299 g/mol. The predicted octanol–water partition coefficient (Wildman–Crippen LogP) is 3.61. The smallest absolute Gasteiger partial charge is 0.407 e. The van der Waals surface area contributed by atoms with Crippen LogP contribution in [0, 0.1) is 6.92 Å². The van der Waals surface area contributed by atoms with Crippen LogP contribution in [0.1, 0.15) is 22.8 Å². The number of nitrogens with one attached hydrogen (secondary N) is 1. The van der Waals surface area contributed by atoms with Crippen molar-refractivity contribution < 1.29 is 14.3 Å². The molecule has 22 heavy (non-hydrogen) atoms. The molecule has 2 rings (SSSR count). The molecule has 1 atom stereocenters. The van der Waals surface area contributed by atoms with E-state index in [4.69, 9.17) is 9.47 Å². The fourth-order valence-corrected chi connectivity index (χ4v) is 2.07. The molecule has 0 saturated heterocycles. The van der Waals surface area contributed by atoms with Gasteiger partial charge in [-0.15, -0.1) is 0 Å². The van der Waals surface area contributed by atoms with Crippen LogP contribution in [0.3, 0.4) is 0 Å². The minimum Gasteiger partial charge on any atom is -0.445 e. The van der Waals surface area contributed by atoms with E-state index >= 15 is 0 Å². The number of alkyl carbamates (subject to hydrolysis) is 1. The largest absolute Gasteiger partial charge is 0.445 e. The van der Waals surface area contributed by atoms with Gasteiger partial charge < -0.3 is 14.8 Å². The summed E-state index contributed by atoms with van der Waals surface area (Å²) in [7, 11) is 1.63. The van der Waals surface area contributed by atoms with Gasteiger partial charge in [0.1, 0.15) is 6.61 Å². The van der Waals surface area contributed by atoms with Gasteiger partial charge in [0.05, 0.1) is 12.6 Å². The van der Waals surface area contributed by atoms with Crippen molar-refractivity contribution in [1.82, 2.24) is 5.32 Å². The molecule has 0 fully saturated rings. The number of aryl methyl sites for hydroxylation is 1. The van der Waals surface area contributed by atoms with Gasteiger partial charge in [-0.3, -0.25) is 0 Å². The molecule has 0 unspecified atom stereocenters. The Hall–Kier alpha value is -2.33. The van der Waals surface area contributed by atoms with Gasteiger partial charge in [0, 0.05) is 7.11 Å². The van der Waals surface area contributed by atoms with Gasteiger partial charge in [0.25, 0.3) is 0 Å². The first-order valence-electron chi connectivity index (χ1n) is 7.23. The molecule has 1 amide bonds. The summed E-state index contributed by atoms with van der Waals surface area (Å²) in [5, 5.41) is 2.73. The number of benzene rings is 2. The third-order valence-corrected chi connectivity index (χ3v) is 3.38. The lowest BCUT2D eigenvalue weighted by Gasteiger charge is -2.16. The van der Waals surface area contributed by atoms with E-state index < -0.39 is 6.09 Å². The molecule has 1 N–H and O–H groups in total. The van der Waals surface area contributed by atoms with Crippen LogP contribution >= 0.6 is 0 Å². The zero-order valence-electron chi connectivity index (χ0n) is 12.9. The molecule has 0 bridgehead atoms. The fraction of sp³-hybridized carbons (Fsp3) is 0.278. The van der Waals surface area contributed by atoms with E-state index in [9.17, 15) is 4.79 Å². The number of rotatable bonds is 6. The van der Waals surface area contributed by atoms with Crippen LogP contribution in [0.25, 0.3) is 0 Å². The molecule has 4 heteroatoms. The zero-order valence-corrected chi connectivity index (χ0v) is 12.9. The van der Waals surface area contributed by atoms with E-state index in [0.29, 0.717) is 6.54 Å². The van der Waals surface area contributed by atoms with Crippen molar-refractivity contribution in [3.05, 3.63) is 71.3 Å². The van der Waals surface area contributed by atoms with Crippen molar-refractivity contribution in [1.29, 1.82) is 0 Å². The van der Waals surface area contributed by atoms with Gasteiger partial charge in [0.15, 0.2) is 0 Å². The number of hydrogen-bond acceptors (Lipinski definition) is 3. The lowest BCUT2D eigenvalue weighted by atomic mass is 10.1. The lowest BCUT2D eigenvalue weighted by Crippen LogP contribution is -2.29. The molecule has 2 aromatic rings. The van der Waals surface area contributed by atoms with Crippen LogP contribution in [0.5, 0.6) is 0 Å². The number of methoxy groups -OCH3 is 1. The quantitative estimate of drug-likeness (QED) is 0.886. The second-order valence-corrected chi connectivity index (χ2v) is 5.08. The van der Waals surface area contributed by atoms with Crippen molar-refractivity contribution in [2.24, 2.45) is 0 Å². The van der Waals surface area contributed by atoms with Gasteiger partial charge in [-0.2, -0.15) is 0 Å². The third-order valence-electron chi connectivity index (χ3n) is 3.38. The normalized spacial score (nSPS) is 11.7. The average Bonchev–Trinajstić information content (AvgIpc) is 2.56. The molecule has 0 heterocycles. The van der Waals surface area contributed by atoms with Crippen LogP contribution in [0.2, 0.25) is 0 Å². The highest BCUT2D eigenvalue weighted by molar-refractivity contribution is 5.67. The zero-order chi connectivity index (χ0) is 15.8. The van der Waals surface area contributed by atoms with Gasteiger partial charge in [-0.25, -0.2) is 4.79 Å². The van der Waals surface area contributed by atoms with E-state index in [-0.39, 0.29) is 12.7 Å². The maximum Gasteiger partial charge on any atom is 0.407 e. The third kappa shape index (κ3) is 4.90. The first kappa shape index (κ1) is 16.0.